The second kappa shape index (κ2) is 7.37. The van der Waals surface area contributed by atoms with Gasteiger partial charge >= 0.3 is 5.97 Å². The van der Waals surface area contributed by atoms with Crippen molar-refractivity contribution in [3.8, 4) is 10.6 Å². The molecule has 1 amide bonds. The zero-order chi connectivity index (χ0) is 16.9. The Kier molecular flexibility index (Phi) is 5.02. The predicted octanol–water partition coefficient (Wildman–Crippen LogP) is 3.82. The highest BCUT2D eigenvalue weighted by Gasteiger charge is 2.20. The average molecular weight is 358 g/mol. The SMILES string of the molecule is O=C(O)C[C@@H](NC(=O)c1cnc(-c2ccsc2)s1)c1ccccc1. The van der Waals surface area contributed by atoms with Crippen LogP contribution in [0, 0.1) is 0 Å². The van der Waals surface area contributed by atoms with Gasteiger partial charge in [0.05, 0.1) is 18.7 Å². The Balaban J connectivity index is 1.77. The third kappa shape index (κ3) is 3.87. The number of aliphatic carboxylic acids is 1. The lowest BCUT2D eigenvalue weighted by Gasteiger charge is -2.16. The number of thiazole rings is 1. The number of carbonyl (C=O) groups is 2. The summed E-state index contributed by atoms with van der Waals surface area (Å²) in [5, 5.41) is 16.6. The van der Waals surface area contributed by atoms with E-state index in [1.165, 1.54) is 17.5 Å². The molecule has 0 aliphatic heterocycles. The molecular weight excluding hydrogens is 344 g/mol. The van der Waals surface area contributed by atoms with E-state index in [2.05, 4.69) is 10.3 Å². The van der Waals surface area contributed by atoms with Crippen LogP contribution in [0.25, 0.3) is 10.6 Å². The maximum atomic E-state index is 12.5. The molecule has 3 rings (SSSR count). The molecule has 0 radical (unpaired) electrons. The second-order valence-corrected chi connectivity index (χ2v) is 6.89. The standard InChI is InChI=1S/C17H14N2O3S2/c20-15(21)8-13(11-4-2-1-3-5-11)19-16(22)14-9-18-17(24-14)12-6-7-23-10-12/h1-7,9-10,13H,8H2,(H,19,22)(H,20,21)/t13-/m1/s1. The van der Waals surface area contributed by atoms with Crippen LogP contribution in [-0.2, 0) is 4.79 Å². The minimum atomic E-state index is -0.965. The van der Waals surface area contributed by atoms with Crippen LogP contribution in [-0.4, -0.2) is 22.0 Å². The van der Waals surface area contributed by atoms with Crippen molar-refractivity contribution in [1.29, 1.82) is 0 Å². The molecule has 2 N–H and O–H groups in total. The molecule has 2 aromatic heterocycles. The topological polar surface area (TPSA) is 79.3 Å². The lowest BCUT2D eigenvalue weighted by Crippen LogP contribution is -2.29. The van der Waals surface area contributed by atoms with Crippen molar-refractivity contribution in [1.82, 2.24) is 10.3 Å². The van der Waals surface area contributed by atoms with Gasteiger partial charge < -0.3 is 10.4 Å². The molecule has 1 atom stereocenters. The number of carbonyl (C=O) groups excluding carboxylic acids is 1. The fourth-order valence-electron chi connectivity index (χ4n) is 2.24. The number of hydrogen-bond acceptors (Lipinski definition) is 5. The van der Waals surface area contributed by atoms with Crippen molar-refractivity contribution in [3.63, 3.8) is 0 Å². The summed E-state index contributed by atoms with van der Waals surface area (Å²) in [5.74, 6) is -1.28. The normalized spacial score (nSPS) is 11.8. The van der Waals surface area contributed by atoms with Crippen molar-refractivity contribution in [2.24, 2.45) is 0 Å². The van der Waals surface area contributed by atoms with E-state index in [1.54, 1.807) is 23.5 Å². The molecule has 0 spiro atoms. The number of amides is 1. The molecule has 1 aromatic carbocycles. The summed E-state index contributed by atoms with van der Waals surface area (Å²) < 4.78 is 0. The molecule has 0 bridgehead atoms. The quantitative estimate of drug-likeness (QED) is 0.702. The fourth-order valence-corrected chi connectivity index (χ4v) is 3.77. The molecule has 7 heteroatoms. The van der Waals surface area contributed by atoms with Gasteiger partial charge in [-0.1, -0.05) is 30.3 Å². The van der Waals surface area contributed by atoms with Gasteiger partial charge in [0.15, 0.2) is 0 Å². The van der Waals surface area contributed by atoms with E-state index >= 15 is 0 Å². The smallest absolute Gasteiger partial charge is 0.305 e. The van der Waals surface area contributed by atoms with E-state index < -0.39 is 12.0 Å². The highest BCUT2D eigenvalue weighted by atomic mass is 32.1. The predicted molar refractivity (Wildman–Crippen MR) is 94.3 cm³/mol. The van der Waals surface area contributed by atoms with Crippen molar-refractivity contribution in [2.75, 3.05) is 0 Å². The van der Waals surface area contributed by atoms with Gasteiger partial charge in [-0.05, 0) is 17.0 Å². The summed E-state index contributed by atoms with van der Waals surface area (Å²) in [7, 11) is 0. The van der Waals surface area contributed by atoms with E-state index in [0.29, 0.717) is 4.88 Å². The Morgan fingerprint density at radius 1 is 1.21 bits per heavy atom. The molecule has 122 valence electrons. The van der Waals surface area contributed by atoms with Crippen molar-refractivity contribution >= 4 is 34.6 Å². The van der Waals surface area contributed by atoms with Crippen LogP contribution in [0.3, 0.4) is 0 Å². The molecule has 0 unspecified atom stereocenters. The molecule has 24 heavy (non-hydrogen) atoms. The van der Waals surface area contributed by atoms with Gasteiger partial charge in [0.1, 0.15) is 9.88 Å². The Morgan fingerprint density at radius 2 is 2.00 bits per heavy atom. The molecular formula is C17H14N2O3S2. The van der Waals surface area contributed by atoms with Crippen LogP contribution >= 0.6 is 22.7 Å². The first-order valence-corrected chi connectivity index (χ1v) is 8.95. The number of carboxylic acid groups (broad SMARTS) is 1. The number of hydrogen-bond donors (Lipinski definition) is 2. The number of carboxylic acids is 1. The van der Waals surface area contributed by atoms with Crippen LogP contribution in [0.2, 0.25) is 0 Å². The van der Waals surface area contributed by atoms with Crippen molar-refractivity contribution in [2.45, 2.75) is 12.5 Å². The summed E-state index contributed by atoms with van der Waals surface area (Å²) in [6, 6.07) is 10.5. The minimum absolute atomic E-state index is 0.175. The number of rotatable bonds is 6. The summed E-state index contributed by atoms with van der Waals surface area (Å²) in [6.45, 7) is 0. The Bertz CT molecular complexity index is 829. The van der Waals surface area contributed by atoms with Crippen LogP contribution in [0.15, 0.2) is 53.4 Å². The van der Waals surface area contributed by atoms with E-state index in [-0.39, 0.29) is 12.3 Å². The number of nitrogens with zero attached hydrogens (tertiary/aromatic N) is 1. The maximum absolute atomic E-state index is 12.5. The zero-order valence-corrected chi connectivity index (χ0v) is 14.1. The van der Waals surface area contributed by atoms with E-state index in [1.807, 2.05) is 35.0 Å². The van der Waals surface area contributed by atoms with Crippen LogP contribution in [0.1, 0.15) is 27.7 Å². The Morgan fingerprint density at radius 3 is 2.67 bits per heavy atom. The first-order valence-electron chi connectivity index (χ1n) is 7.19. The summed E-state index contributed by atoms with van der Waals surface area (Å²) >= 11 is 2.86. The number of aromatic nitrogens is 1. The molecule has 0 aliphatic rings. The van der Waals surface area contributed by atoms with Crippen LogP contribution in [0.4, 0.5) is 0 Å². The summed E-state index contributed by atoms with van der Waals surface area (Å²) in [6.07, 6.45) is 1.35. The van der Waals surface area contributed by atoms with Gasteiger partial charge in [-0.15, -0.1) is 11.3 Å². The number of benzene rings is 1. The second-order valence-electron chi connectivity index (χ2n) is 5.08. The average Bonchev–Trinajstić information content (AvgIpc) is 3.25. The van der Waals surface area contributed by atoms with Gasteiger partial charge in [-0.25, -0.2) is 4.98 Å². The highest BCUT2D eigenvalue weighted by Crippen LogP contribution is 2.27. The van der Waals surface area contributed by atoms with Crippen molar-refractivity contribution in [3.05, 3.63) is 63.8 Å². The zero-order valence-electron chi connectivity index (χ0n) is 12.5. The highest BCUT2D eigenvalue weighted by molar-refractivity contribution is 7.17. The largest absolute Gasteiger partial charge is 0.481 e. The first kappa shape index (κ1) is 16.4. The summed E-state index contributed by atoms with van der Waals surface area (Å²) in [5.41, 5.74) is 1.74. The molecule has 0 fully saturated rings. The third-order valence-corrected chi connectivity index (χ3v) is 5.11. The van der Waals surface area contributed by atoms with E-state index in [0.717, 1.165) is 16.1 Å². The van der Waals surface area contributed by atoms with Gasteiger partial charge in [-0.2, -0.15) is 11.3 Å². The molecule has 0 aliphatic carbocycles. The van der Waals surface area contributed by atoms with Crippen LogP contribution in [0.5, 0.6) is 0 Å². The van der Waals surface area contributed by atoms with E-state index in [4.69, 9.17) is 5.11 Å². The molecule has 3 aromatic rings. The van der Waals surface area contributed by atoms with Gasteiger partial charge in [0.2, 0.25) is 0 Å². The molecule has 0 saturated heterocycles. The maximum Gasteiger partial charge on any atom is 0.305 e. The number of nitrogens with one attached hydrogen (secondary N) is 1. The fraction of sp³-hybridized carbons (Fsp3) is 0.118. The lowest BCUT2D eigenvalue weighted by atomic mass is 10.0. The summed E-state index contributed by atoms with van der Waals surface area (Å²) in [4.78, 5) is 28.3. The van der Waals surface area contributed by atoms with Crippen LogP contribution < -0.4 is 5.32 Å². The van der Waals surface area contributed by atoms with Gasteiger partial charge in [0, 0.05) is 10.9 Å². The Labute approximate surface area is 146 Å². The molecule has 2 heterocycles. The van der Waals surface area contributed by atoms with Gasteiger partial charge in [0.25, 0.3) is 5.91 Å². The monoisotopic (exact) mass is 358 g/mol. The van der Waals surface area contributed by atoms with Gasteiger partial charge in [-0.3, -0.25) is 9.59 Å². The van der Waals surface area contributed by atoms with E-state index in [9.17, 15) is 9.59 Å². The first-order chi connectivity index (χ1) is 11.6. The molecule has 0 saturated carbocycles. The Hall–Kier alpha value is -2.51. The molecule has 5 nitrogen and oxygen atoms in total. The van der Waals surface area contributed by atoms with Crippen molar-refractivity contribution < 1.29 is 14.7 Å². The third-order valence-electron chi connectivity index (χ3n) is 3.38. The lowest BCUT2D eigenvalue weighted by molar-refractivity contribution is -0.137. The number of thiophene rings is 1. The minimum Gasteiger partial charge on any atom is -0.481 e.